The number of nitrogens with one attached hydrogen (secondary N) is 1. The van der Waals surface area contributed by atoms with Gasteiger partial charge in [0.25, 0.3) is 11.8 Å². The van der Waals surface area contributed by atoms with Crippen LogP contribution in [0.3, 0.4) is 0 Å². The molecule has 2 aromatic heterocycles. The van der Waals surface area contributed by atoms with Crippen LogP contribution < -0.4 is 5.43 Å². The molecule has 0 aromatic carbocycles. The van der Waals surface area contributed by atoms with Crippen molar-refractivity contribution < 1.29 is 9.59 Å². The molecule has 6 nitrogen and oxygen atoms in total. The van der Waals surface area contributed by atoms with Gasteiger partial charge >= 0.3 is 0 Å². The van der Waals surface area contributed by atoms with E-state index in [4.69, 9.17) is 12.2 Å². The molecular weight excluding hydrogens is 332 g/mol. The van der Waals surface area contributed by atoms with Gasteiger partial charge in [-0.3, -0.25) is 25.0 Å². The first-order valence-electron chi connectivity index (χ1n) is 6.54. The largest absolute Gasteiger partial charge is 0.285 e. The predicted octanol–water partition coefficient (Wildman–Crippen LogP) is 2.02. The van der Waals surface area contributed by atoms with Crippen LogP contribution in [0.5, 0.6) is 0 Å². The molecule has 114 valence electrons. The number of thioether (sulfide) groups is 1. The first-order chi connectivity index (χ1) is 11.1. The summed E-state index contributed by atoms with van der Waals surface area (Å²) in [7, 11) is 0. The maximum Gasteiger partial charge on any atom is 0.285 e. The van der Waals surface area contributed by atoms with E-state index in [1.54, 1.807) is 48.9 Å². The minimum Gasteiger partial charge on any atom is -0.267 e. The molecule has 1 aliphatic rings. The molecule has 1 aliphatic heterocycles. The van der Waals surface area contributed by atoms with Crippen molar-refractivity contribution in [3.63, 3.8) is 0 Å². The summed E-state index contributed by atoms with van der Waals surface area (Å²) in [5.41, 5.74) is 3.68. The lowest BCUT2D eigenvalue weighted by Crippen LogP contribution is -2.44. The van der Waals surface area contributed by atoms with E-state index < -0.39 is 5.91 Å². The van der Waals surface area contributed by atoms with Gasteiger partial charge in [0.15, 0.2) is 4.32 Å². The molecule has 3 heterocycles. The number of hydrogen-bond donors (Lipinski definition) is 1. The predicted molar refractivity (Wildman–Crippen MR) is 91.0 cm³/mol. The van der Waals surface area contributed by atoms with Crippen molar-refractivity contribution in [2.45, 2.75) is 0 Å². The molecule has 1 saturated heterocycles. The van der Waals surface area contributed by atoms with Crippen LogP contribution in [0.15, 0.2) is 54.0 Å². The van der Waals surface area contributed by atoms with Crippen LogP contribution in [0.1, 0.15) is 15.9 Å². The molecule has 23 heavy (non-hydrogen) atoms. The van der Waals surface area contributed by atoms with Crippen molar-refractivity contribution in [2.75, 3.05) is 0 Å². The highest BCUT2D eigenvalue weighted by Crippen LogP contribution is 2.31. The van der Waals surface area contributed by atoms with Crippen molar-refractivity contribution in [2.24, 2.45) is 0 Å². The van der Waals surface area contributed by atoms with Crippen LogP contribution in [0.25, 0.3) is 6.08 Å². The zero-order valence-corrected chi connectivity index (χ0v) is 13.3. The second kappa shape index (κ2) is 6.67. The second-order valence-electron chi connectivity index (χ2n) is 4.48. The van der Waals surface area contributed by atoms with Gasteiger partial charge in [-0.15, -0.1) is 0 Å². The van der Waals surface area contributed by atoms with Crippen LogP contribution in [-0.4, -0.2) is 31.1 Å². The van der Waals surface area contributed by atoms with Gasteiger partial charge in [-0.1, -0.05) is 11.8 Å². The Bertz CT molecular complexity index is 794. The van der Waals surface area contributed by atoms with Gasteiger partial charge in [-0.05, 0) is 48.1 Å². The highest BCUT2D eigenvalue weighted by molar-refractivity contribution is 8.26. The van der Waals surface area contributed by atoms with Crippen molar-refractivity contribution in [3.05, 3.63) is 65.1 Å². The molecule has 0 aliphatic carbocycles. The SMILES string of the molecule is O=C(NN1C(=O)/C(=C/c2ccncc2)SC1=S)c1cccnc1. The number of carbonyl (C=O) groups excluding carboxylic acids is 2. The molecule has 1 N–H and O–H groups in total. The molecule has 0 unspecified atom stereocenters. The summed E-state index contributed by atoms with van der Waals surface area (Å²) < 4.78 is 0.271. The number of thiocarbonyl (C=S) groups is 1. The molecule has 0 spiro atoms. The van der Waals surface area contributed by atoms with E-state index >= 15 is 0 Å². The average Bonchev–Trinajstić information content (AvgIpc) is 2.84. The van der Waals surface area contributed by atoms with E-state index in [0.29, 0.717) is 10.5 Å². The zero-order chi connectivity index (χ0) is 16.2. The van der Waals surface area contributed by atoms with Crippen LogP contribution in [0.2, 0.25) is 0 Å². The highest BCUT2D eigenvalue weighted by Gasteiger charge is 2.33. The number of hydrazine groups is 1. The third kappa shape index (κ3) is 3.43. The first kappa shape index (κ1) is 15.3. The Kier molecular flexibility index (Phi) is 4.45. The monoisotopic (exact) mass is 342 g/mol. The Labute approximate surface area is 141 Å². The first-order valence-corrected chi connectivity index (χ1v) is 7.76. The lowest BCUT2D eigenvalue weighted by atomic mass is 10.2. The van der Waals surface area contributed by atoms with E-state index in [2.05, 4.69) is 15.4 Å². The Morgan fingerprint density at radius 3 is 2.70 bits per heavy atom. The number of hydrogen-bond acceptors (Lipinski definition) is 6. The van der Waals surface area contributed by atoms with Gasteiger partial charge in [0.2, 0.25) is 0 Å². The van der Waals surface area contributed by atoms with Gasteiger partial charge in [-0.2, -0.15) is 5.01 Å². The molecule has 0 radical (unpaired) electrons. The smallest absolute Gasteiger partial charge is 0.267 e. The Morgan fingerprint density at radius 1 is 1.22 bits per heavy atom. The molecule has 8 heteroatoms. The topological polar surface area (TPSA) is 75.2 Å². The summed E-state index contributed by atoms with van der Waals surface area (Å²) in [6.07, 6.45) is 7.96. The quantitative estimate of drug-likeness (QED) is 0.679. The number of rotatable bonds is 3. The maximum absolute atomic E-state index is 12.4. The summed E-state index contributed by atoms with van der Waals surface area (Å²) in [5.74, 6) is -0.811. The summed E-state index contributed by atoms with van der Waals surface area (Å²) in [6.45, 7) is 0. The molecular formula is C15H10N4O2S2. The molecule has 2 amide bonds. The number of nitrogens with zero attached hydrogens (tertiary/aromatic N) is 3. The van der Waals surface area contributed by atoms with Gasteiger partial charge in [0, 0.05) is 24.8 Å². The maximum atomic E-state index is 12.4. The molecule has 3 rings (SSSR count). The van der Waals surface area contributed by atoms with Crippen LogP contribution >= 0.6 is 24.0 Å². The van der Waals surface area contributed by atoms with Gasteiger partial charge in [0.05, 0.1) is 10.5 Å². The van der Waals surface area contributed by atoms with E-state index in [0.717, 1.165) is 22.3 Å². The van der Waals surface area contributed by atoms with Crippen LogP contribution in [0.4, 0.5) is 0 Å². The minimum atomic E-state index is -0.445. The molecule has 0 atom stereocenters. The van der Waals surface area contributed by atoms with Crippen LogP contribution in [0, 0.1) is 0 Å². The summed E-state index contributed by atoms with van der Waals surface area (Å²) in [6, 6.07) is 6.80. The average molecular weight is 342 g/mol. The van der Waals surface area contributed by atoms with Gasteiger partial charge < -0.3 is 0 Å². The van der Waals surface area contributed by atoms with Gasteiger partial charge in [0.1, 0.15) is 0 Å². The molecule has 1 fully saturated rings. The molecule has 0 bridgehead atoms. The molecule has 0 saturated carbocycles. The van der Waals surface area contributed by atoms with Gasteiger partial charge in [-0.25, -0.2) is 0 Å². The number of amides is 2. The van der Waals surface area contributed by atoms with E-state index in [-0.39, 0.29) is 10.2 Å². The lowest BCUT2D eigenvalue weighted by molar-refractivity contribution is -0.123. The minimum absolute atomic E-state index is 0.271. The van der Waals surface area contributed by atoms with E-state index in [1.807, 2.05) is 0 Å². The van der Waals surface area contributed by atoms with Crippen molar-refractivity contribution in [3.8, 4) is 0 Å². The summed E-state index contributed by atoms with van der Waals surface area (Å²) >= 11 is 6.30. The number of pyridine rings is 2. The Balaban J connectivity index is 1.77. The fourth-order valence-electron chi connectivity index (χ4n) is 1.84. The summed E-state index contributed by atoms with van der Waals surface area (Å²) in [5, 5.41) is 1.07. The Morgan fingerprint density at radius 2 is 2.00 bits per heavy atom. The fourth-order valence-corrected chi connectivity index (χ4v) is 3.02. The van der Waals surface area contributed by atoms with E-state index in [1.165, 1.54) is 6.20 Å². The number of carbonyl (C=O) groups is 2. The van der Waals surface area contributed by atoms with Crippen molar-refractivity contribution in [1.82, 2.24) is 20.4 Å². The summed E-state index contributed by atoms with van der Waals surface area (Å²) in [4.78, 5) is 32.7. The Hall–Kier alpha value is -2.58. The zero-order valence-electron chi connectivity index (χ0n) is 11.7. The molecule has 2 aromatic rings. The standard InChI is InChI=1S/C15H10N4O2S2/c20-13(11-2-1-5-17-9-11)18-19-14(21)12(23-15(19)22)8-10-3-6-16-7-4-10/h1-9H,(H,18,20)/b12-8-. The lowest BCUT2D eigenvalue weighted by Gasteiger charge is -2.15. The van der Waals surface area contributed by atoms with Crippen molar-refractivity contribution in [1.29, 1.82) is 0 Å². The second-order valence-corrected chi connectivity index (χ2v) is 6.16. The normalized spacial score (nSPS) is 16.0. The van der Waals surface area contributed by atoms with E-state index in [9.17, 15) is 9.59 Å². The van der Waals surface area contributed by atoms with Crippen molar-refractivity contribution >= 4 is 46.2 Å². The van der Waals surface area contributed by atoms with Crippen LogP contribution in [-0.2, 0) is 4.79 Å². The third-order valence-corrected chi connectivity index (χ3v) is 4.24. The fraction of sp³-hybridized carbons (Fsp3) is 0. The highest BCUT2D eigenvalue weighted by atomic mass is 32.2. The third-order valence-electron chi connectivity index (χ3n) is 2.93. The number of aromatic nitrogens is 2.